The molecule has 1 atom stereocenters. The number of nitrogens with one attached hydrogen (secondary N) is 1. The second-order valence-electron chi connectivity index (χ2n) is 4.86. The number of aromatic carboxylic acids is 1. The van der Waals surface area contributed by atoms with E-state index in [-0.39, 0.29) is 23.1 Å². The summed E-state index contributed by atoms with van der Waals surface area (Å²) in [6, 6.07) is 6.29. The smallest absolute Gasteiger partial charge is 0.337 e. The minimum absolute atomic E-state index is 0.0671. The van der Waals surface area contributed by atoms with Crippen molar-refractivity contribution in [3.05, 3.63) is 29.8 Å². The average molecular weight is 248 g/mol. The fourth-order valence-corrected chi connectivity index (χ4v) is 1.90. The first kappa shape index (κ1) is 12.6. The molecule has 0 radical (unpaired) electrons. The predicted octanol–water partition coefficient (Wildman–Crippen LogP) is 1.45. The van der Waals surface area contributed by atoms with Crippen LogP contribution in [0, 0.1) is 5.92 Å². The largest absolute Gasteiger partial charge is 0.478 e. The van der Waals surface area contributed by atoms with Gasteiger partial charge in [-0.15, -0.1) is 0 Å². The Labute approximate surface area is 105 Å². The zero-order valence-electron chi connectivity index (χ0n) is 10.1. The fourth-order valence-electron chi connectivity index (χ4n) is 1.90. The number of carbonyl (C=O) groups excluding carboxylic acids is 1. The van der Waals surface area contributed by atoms with Gasteiger partial charge < -0.3 is 16.2 Å². The van der Waals surface area contributed by atoms with Crippen molar-refractivity contribution in [3.8, 4) is 0 Å². The Hall–Kier alpha value is -1.88. The number of amides is 1. The molecule has 18 heavy (non-hydrogen) atoms. The van der Waals surface area contributed by atoms with Crippen LogP contribution < -0.4 is 11.1 Å². The number of hydrogen-bond donors (Lipinski definition) is 3. The lowest BCUT2D eigenvalue weighted by Crippen LogP contribution is -2.50. The molecule has 5 heteroatoms. The highest BCUT2D eigenvalue weighted by Crippen LogP contribution is 2.38. The number of carboxylic acid groups (broad SMARTS) is 1. The monoisotopic (exact) mass is 248 g/mol. The van der Waals surface area contributed by atoms with Gasteiger partial charge in [0.25, 0.3) is 0 Å². The summed E-state index contributed by atoms with van der Waals surface area (Å²) in [7, 11) is 0. The number of nitrogens with two attached hydrogens (primary N) is 1. The van der Waals surface area contributed by atoms with E-state index < -0.39 is 11.5 Å². The third-order valence-electron chi connectivity index (χ3n) is 3.32. The van der Waals surface area contributed by atoms with Gasteiger partial charge in [0, 0.05) is 0 Å². The maximum absolute atomic E-state index is 12.1. The summed E-state index contributed by atoms with van der Waals surface area (Å²) in [4.78, 5) is 23.1. The molecule has 1 amide bonds. The summed E-state index contributed by atoms with van der Waals surface area (Å²) < 4.78 is 0. The molecule has 1 aliphatic rings. The number of benzene rings is 1. The van der Waals surface area contributed by atoms with Crippen molar-refractivity contribution < 1.29 is 14.7 Å². The van der Waals surface area contributed by atoms with Crippen LogP contribution in [0.5, 0.6) is 0 Å². The molecular formula is C13H16N2O3. The predicted molar refractivity (Wildman–Crippen MR) is 67.3 cm³/mol. The fraction of sp³-hybridized carbons (Fsp3) is 0.385. The Bertz CT molecular complexity index is 493. The third kappa shape index (κ3) is 2.36. The summed E-state index contributed by atoms with van der Waals surface area (Å²) in [5.41, 5.74) is 5.39. The molecule has 0 saturated heterocycles. The standard InChI is InChI=1S/C13H16N2O3/c1-13(14,8-6-7-8)12(18)15-10-5-3-2-4-9(10)11(16)17/h2-5,8H,6-7,14H2,1H3,(H,15,18)(H,16,17). The van der Waals surface area contributed by atoms with Gasteiger partial charge >= 0.3 is 5.97 Å². The van der Waals surface area contributed by atoms with E-state index in [1.165, 1.54) is 6.07 Å². The highest BCUT2D eigenvalue weighted by molar-refractivity contribution is 6.03. The van der Waals surface area contributed by atoms with Crippen LogP contribution in [-0.2, 0) is 4.79 Å². The molecule has 1 aromatic rings. The van der Waals surface area contributed by atoms with Crippen molar-refractivity contribution in [2.75, 3.05) is 5.32 Å². The molecule has 0 bridgehead atoms. The van der Waals surface area contributed by atoms with E-state index >= 15 is 0 Å². The Morgan fingerprint density at radius 1 is 1.39 bits per heavy atom. The summed E-state index contributed by atoms with van der Waals surface area (Å²) in [6.07, 6.45) is 1.89. The zero-order chi connectivity index (χ0) is 13.3. The molecule has 4 N–H and O–H groups in total. The maximum atomic E-state index is 12.1. The van der Waals surface area contributed by atoms with E-state index in [9.17, 15) is 9.59 Å². The van der Waals surface area contributed by atoms with Gasteiger partial charge in [0.2, 0.25) is 5.91 Å². The van der Waals surface area contributed by atoms with Crippen molar-refractivity contribution in [2.45, 2.75) is 25.3 Å². The van der Waals surface area contributed by atoms with Gasteiger partial charge in [-0.05, 0) is 37.8 Å². The number of carboxylic acids is 1. The average Bonchev–Trinajstić information content (AvgIpc) is 3.13. The van der Waals surface area contributed by atoms with Crippen LogP contribution >= 0.6 is 0 Å². The SMILES string of the molecule is CC(N)(C(=O)Nc1ccccc1C(=O)O)C1CC1. The van der Waals surface area contributed by atoms with Gasteiger partial charge in [0.15, 0.2) is 0 Å². The van der Waals surface area contributed by atoms with Crippen LogP contribution in [0.2, 0.25) is 0 Å². The van der Waals surface area contributed by atoms with Gasteiger partial charge in [-0.2, -0.15) is 0 Å². The van der Waals surface area contributed by atoms with Crippen molar-refractivity contribution in [3.63, 3.8) is 0 Å². The molecule has 2 rings (SSSR count). The van der Waals surface area contributed by atoms with Crippen LogP contribution in [0.15, 0.2) is 24.3 Å². The first-order valence-corrected chi connectivity index (χ1v) is 5.85. The molecule has 0 spiro atoms. The first-order chi connectivity index (χ1) is 8.43. The summed E-state index contributed by atoms with van der Waals surface area (Å²) in [5.74, 6) is -1.22. The topological polar surface area (TPSA) is 92.4 Å². The quantitative estimate of drug-likeness (QED) is 0.752. The molecule has 1 aliphatic carbocycles. The molecule has 1 saturated carbocycles. The molecule has 1 unspecified atom stereocenters. The first-order valence-electron chi connectivity index (χ1n) is 5.85. The molecule has 1 fully saturated rings. The summed E-state index contributed by atoms with van der Waals surface area (Å²) >= 11 is 0. The Morgan fingerprint density at radius 2 is 2.00 bits per heavy atom. The van der Waals surface area contributed by atoms with Gasteiger partial charge in [-0.3, -0.25) is 4.79 Å². The highest BCUT2D eigenvalue weighted by Gasteiger charge is 2.44. The Balaban J connectivity index is 2.19. The molecular weight excluding hydrogens is 232 g/mol. The van der Waals surface area contributed by atoms with Gasteiger partial charge in [0.05, 0.1) is 16.8 Å². The van der Waals surface area contributed by atoms with Gasteiger partial charge in [-0.25, -0.2) is 4.79 Å². The van der Waals surface area contributed by atoms with Crippen LogP contribution in [0.3, 0.4) is 0 Å². The molecule has 96 valence electrons. The molecule has 0 aliphatic heterocycles. The second kappa shape index (κ2) is 4.42. The molecule has 0 aromatic heterocycles. The van der Waals surface area contributed by atoms with Crippen LogP contribution in [0.4, 0.5) is 5.69 Å². The number of para-hydroxylation sites is 1. The van der Waals surface area contributed by atoms with Crippen molar-refractivity contribution >= 4 is 17.6 Å². The van der Waals surface area contributed by atoms with Gasteiger partial charge in [-0.1, -0.05) is 12.1 Å². The van der Waals surface area contributed by atoms with E-state index in [4.69, 9.17) is 10.8 Å². The number of anilines is 1. The third-order valence-corrected chi connectivity index (χ3v) is 3.32. The second-order valence-corrected chi connectivity index (χ2v) is 4.86. The van der Waals surface area contributed by atoms with Crippen LogP contribution in [0.25, 0.3) is 0 Å². The van der Waals surface area contributed by atoms with Crippen LogP contribution in [-0.4, -0.2) is 22.5 Å². The molecule has 5 nitrogen and oxygen atoms in total. The number of rotatable bonds is 4. The Kier molecular flexibility index (Phi) is 3.09. The lowest BCUT2D eigenvalue weighted by molar-refractivity contribution is -0.121. The Morgan fingerprint density at radius 3 is 2.56 bits per heavy atom. The lowest BCUT2D eigenvalue weighted by Gasteiger charge is -2.23. The zero-order valence-corrected chi connectivity index (χ0v) is 10.1. The molecule has 1 aromatic carbocycles. The van der Waals surface area contributed by atoms with Crippen molar-refractivity contribution in [1.82, 2.24) is 0 Å². The van der Waals surface area contributed by atoms with Crippen molar-refractivity contribution in [1.29, 1.82) is 0 Å². The van der Waals surface area contributed by atoms with Gasteiger partial charge in [0.1, 0.15) is 0 Å². The minimum atomic E-state index is -1.07. The lowest BCUT2D eigenvalue weighted by atomic mass is 9.96. The van der Waals surface area contributed by atoms with E-state index in [0.29, 0.717) is 0 Å². The summed E-state index contributed by atoms with van der Waals surface area (Å²) in [5, 5.41) is 11.6. The molecule has 0 heterocycles. The van der Waals surface area contributed by atoms with E-state index in [2.05, 4.69) is 5.32 Å². The van der Waals surface area contributed by atoms with Crippen molar-refractivity contribution in [2.24, 2.45) is 11.7 Å². The van der Waals surface area contributed by atoms with Crippen LogP contribution in [0.1, 0.15) is 30.1 Å². The highest BCUT2D eigenvalue weighted by atomic mass is 16.4. The van der Waals surface area contributed by atoms with E-state index in [1.54, 1.807) is 25.1 Å². The number of carbonyl (C=O) groups is 2. The minimum Gasteiger partial charge on any atom is -0.478 e. The maximum Gasteiger partial charge on any atom is 0.337 e. The van der Waals surface area contributed by atoms with E-state index in [1.807, 2.05) is 0 Å². The summed E-state index contributed by atoms with van der Waals surface area (Å²) in [6.45, 7) is 1.68. The number of hydrogen-bond acceptors (Lipinski definition) is 3. The normalized spacial score (nSPS) is 17.9. The van der Waals surface area contributed by atoms with E-state index in [0.717, 1.165) is 12.8 Å².